The summed E-state index contributed by atoms with van der Waals surface area (Å²) in [5.74, 6) is -3.46. The van der Waals surface area contributed by atoms with E-state index in [-0.39, 0.29) is 11.8 Å². The number of rotatable bonds is 5. The van der Waals surface area contributed by atoms with Gasteiger partial charge in [-0.3, -0.25) is 9.59 Å². The zero-order valence-electron chi connectivity index (χ0n) is 12.3. The molecule has 1 aromatic carbocycles. The van der Waals surface area contributed by atoms with Crippen molar-refractivity contribution in [2.24, 2.45) is 11.8 Å². The molecule has 0 radical (unpaired) electrons. The van der Waals surface area contributed by atoms with Crippen LogP contribution in [0.4, 0.5) is 8.78 Å². The minimum atomic E-state index is -3.55. The van der Waals surface area contributed by atoms with E-state index in [0.29, 0.717) is 24.2 Å². The Labute approximate surface area is 132 Å². The van der Waals surface area contributed by atoms with Crippen molar-refractivity contribution >= 4 is 23.5 Å². The quantitative estimate of drug-likeness (QED) is 0.607. The van der Waals surface area contributed by atoms with Crippen LogP contribution < -0.4 is 0 Å². The van der Waals surface area contributed by atoms with Crippen LogP contribution in [0, 0.1) is 11.8 Å². The Kier molecular flexibility index (Phi) is 5.56. The van der Waals surface area contributed by atoms with Crippen LogP contribution in [0.3, 0.4) is 0 Å². The Hall–Kier alpha value is -1.43. The molecule has 1 saturated carbocycles. The van der Waals surface area contributed by atoms with Crippen LogP contribution >= 0.6 is 11.8 Å². The normalized spacial score (nSPS) is 22.1. The first-order valence-corrected chi connectivity index (χ1v) is 8.01. The summed E-state index contributed by atoms with van der Waals surface area (Å²) in [5.41, 5.74) is 0. The molecule has 0 aliphatic heterocycles. The van der Waals surface area contributed by atoms with Crippen molar-refractivity contribution in [3.8, 4) is 0 Å². The predicted octanol–water partition coefficient (Wildman–Crippen LogP) is 3.92. The van der Waals surface area contributed by atoms with Crippen molar-refractivity contribution in [3.63, 3.8) is 0 Å². The fourth-order valence-electron chi connectivity index (χ4n) is 2.78. The molecule has 120 valence electrons. The van der Waals surface area contributed by atoms with E-state index in [1.165, 1.54) is 19.2 Å². The van der Waals surface area contributed by atoms with E-state index < -0.39 is 28.8 Å². The molecule has 0 heterocycles. The van der Waals surface area contributed by atoms with Gasteiger partial charge < -0.3 is 4.74 Å². The van der Waals surface area contributed by atoms with Gasteiger partial charge in [0.1, 0.15) is 0 Å². The lowest BCUT2D eigenvalue weighted by molar-refractivity contribution is -0.155. The number of carbonyl (C=O) groups excluding carboxylic acids is 2. The summed E-state index contributed by atoms with van der Waals surface area (Å²) in [6, 6.07) is 8.06. The number of alkyl halides is 2. The van der Waals surface area contributed by atoms with Gasteiger partial charge in [0.25, 0.3) is 0 Å². The van der Waals surface area contributed by atoms with Crippen molar-refractivity contribution in [2.75, 3.05) is 7.11 Å². The van der Waals surface area contributed by atoms with Gasteiger partial charge in [-0.25, -0.2) is 0 Å². The smallest absolute Gasteiger partial charge is 0.355 e. The van der Waals surface area contributed by atoms with E-state index in [1.807, 2.05) is 0 Å². The molecule has 22 heavy (non-hydrogen) atoms. The molecule has 0 amide bonds. The third-order valence-corrected chi connectivity index (χ3v) is 4.85. The van der Waals surface area contributed by atoms with Gasteiger partial charge in [-0.1, -0.05) is 31.0 Å². The molecule has 0 saturated heterocycles. The maximum Gasteiger partial charge on any atom is 0.355 e. The standard InChI is InChI=1S/C16H18F2O3S/c1-21-15(20)13-10-6-5-9-12(13)14(19)16(17,18)22-11-7-3-2-4-8-11/h2-4,7-8,12-13H,5-6,9-10H2,1H3/t12-,13+/m0/s1. The topological polar surface area (TPSA) is 43.4 Å². The van der Waals surface area contributed by atoms with Crippen molar-refractivity contribution in [1.82, 2.24) is 0 Å². The van der Waals surface area contributed by atoms with Crippen LogP contribution in [-0.2, 0) is 14.3 Å². The zero-order valence-corrected chi connectivity index (χ0v) is 13.1. The molecule has 1 aromatic rings. The third-order valence-electron chi connectivity index (χ3n) is 3.88. The van der Waals surface area contributed by atoms with E-state index in [1.54, 1.807) is 18.2 Å². The van der Waals surface area contributed by atoms with Gasteiger partial charge in [0.15, 0.2) is 0 Å². The highest BCUT2D eigenvalue weighted by Crippen LogP contribution is 2.42. The zero-order chi connectivity index (χ0) is 16.2. The molecule has 1 fully saturated rings. The van der Waals surface area contributed by atoms with Gasteiger partial charge in [-0.2, -0.15) is 8.78 Å². The lowest BCUT2D eigenvalue weighted by Crippen LogP contribution is -2.40. The van der Waals surface area contributed by atoms with Crippen LogP contribution in [-0.4, -0.2) is 24.1 Å². The molecule has 0 aromatic heterocycles. The number of benzene rings is 1. The van der Waals surface area contributed by atoms with Crippen molar-refractivity contribution in [1.29, 1.82) is 0 Å². The Morgan fingerprint density at radius 1 is 1.14 bits per heavy atom. The van der Waals surface area contributed by atoms with Gasteiger partial charge in [-0.05, 0) is 36.7 Å². The molecule has 0 unspecified atom stereocenters. The number of ether oxygens (including phenoxy) is 1. The van der Waals surface area contributed by atoms with Gasteiger partial charge in [0.2, 0.25) is 5.78 Å². The van der Waals surface area contributed by atoms with Crippen LogP contribution in [0.25, 0.3) is 0 Å². The number of carbonyl (C=O) groups is 2. The number of halogens is 2. The van der Waals surface area contributed by atoms with Gasteiger partial charge in [0.05, 0.1) is 13.0 Å². The van der Waals surface area contributed by atoms with Crippen LogP contribution in [0.2, 0.25) is 0 Å². The molecule has 0 spiro atoms. The monoisotopic (exact) mass is 328 g/mol. The largest absolute Gasteiger partial charge is 0.469 e. The van der Waals surface area contributed by atoms with Gasteiger partial charge in [-0.15, -0.1) is 0 Å². The minimum Gasteiger partial charge on any atom is -0.469 e. The second kappa shape index (κ2) is 7.22. The molecule has 0 N–H and O–H groups in total. The summed E-state index contributed by atoms with van der Waals surface area (Å²) < 4.78 is 33.2. The summed E-state index contributed by atoms with van der Waals surface area (Å²) in [4.78, 5) is 24.3. The lowest BCUT2D eigenvalue weighted by Gasteiger charge is -2.30. The second-order valence-electron chi connectivity index (χ2n) is 5.32. The Morgan fingerprint density at radius 3 is 2.32 bits per heavy atom. The van der Waals surface area contributed by atoms with Crippen LogP contribution in [0.15, 0.2) is 35.2 Å². The Balaban J connectivity index is 2.15. The second-order valence-corrected chi connectivity index (χ2v) is 6.51. The Bertz CT molecular complexity index is 533. The predicted molar refractivity (Wildman–Crippen MR) is 79.7 cm³/mol. The maximum atomic E-state index is 14.3. The fourth-order valence-corrected chi connectivity index (χ4v) is 3.62. The lowest BCUT2D eigenvalue weighted by atomic mass is 9.77. The van der Waals surface area contributed by atoms with E-state index in [4.69, 9.17) is 0 Å². The van der Waals surface area contributed by atoms with Crippen LogP contribution in [0.5, 0.6) is 0 Å². The number of esters is 1. The summed E-state index contributed by atoms with van der Waals surface area (Å²) in [5, 5.41) is -3.55. The highest BCUT2D eigenvalue weighted by molar-refractivity contribution is 8.01. The van der Waals surface area contributed by atoms with E-state index >= 15 is 0 Å². The Morgan fingerprint density at radius 2 is 1.73 bits per heavy atom. The third kappa shape index (κ3) is 3.85. The average molecular weight is 328 g/mol. The summed E-state index contributed by atoms with van der Waals surface area (Å²) in [6.45, 7) is 0. The number of methoxy groups -OCH3 is 1. The SMILES string of the molecule is COC(=O)[C@@H]1CCCC[C@@H]1C(=O)C(F)(F)Sc1ccccc1. The maximum absolute atomic E-state index is 14.3. The first-order valence-electron chi connectivity index (χ1n) is 7.19. The number of hydrogen-bond acceptors (Lipinski definition) is 4. The van der Waals surface area contributed by atoms with Crippen LogP contribution in [0.1, 0.15) is 25.7 Å². The minimum absolute atomic E-state index is 0.234. The summed E-state index contributed by atoms with van der Waals surface area (Å²) >= 11 is 0.234. The summed E-state index contributed by atoms with van der Waals surface area (Å²) in [7, 11) is 1.22. The van der Waals surface area contributed by atoms with E-state index in [0.717, 1.165) is 6.42 Å². The molecule has 1 aliphatic rings. The highest BCUT2D eigenvalue weighted by atomic mass is 32.2. The number of Topliss-reactive ketones (excluding diaryl/α,β-unsaturated/α-hetero) is 1. The fraction of sp³-hybridized carbons (Fsp3) is 0.500. The number of ketones is 1. The van der Waals surface area contributed by atoms with Gasteiger partial charge >= 0.3 is 11.2 Å². The number of hydrogen-bond donors (Lipinski definition) is 0. The highest BCUT2D eigenvalue weighted by Gasteiger charge is 2.48. The molecule has 6 heteroatoms. The van der Waals surface area contributed by atoms with E-state index in [9.17, 15) is 18.4 Å². The molecule has 1 aliphatic carbocycles. The molecule has 3 nitrogen and oxygen atoms in total. The average Bonchev–Trinajstić information content (AvgIpc) is 2.54. The summed E-state index contributed by atoms with van der Waals surface area (Å²) in [6.07, 6.45) is 2.16. The van der Waals surface area contributed by atoms with E-state index in [2.05, 4.69) is 4.74 Å². The molecule has 2 atom stereocenters. The van der Waals surface area contributed by atoms with Crippen molar-refractivity contribution in [2.45, 2.75) is 35.8 Å². The molecule has 2 rings (SSSR count). The van der Waals surface area contributed by atoms with Gasteiger partial charge in [0, 0.05) is 10.8 Å². The van der Waals surface area contributed by atoms with Crippen molar-refractivity contribution < 1.29 is 23.1 Å². The number of thioether (sulfide) groups is 1. The molecule has 0 bridgehead atoms. The molecular formula is C16H18F2O3S. The molecular weight excluding hydrogens is 310 g/mol. The first kappa shape index (κ1) is 16.9. The first-order chi connectivity index (χ1) is 10.5. The van der Waals surface area contributed by atoms with Crippen molar-refractivity contribution in [3.05, 3.63) is 30.3 Å².